The van der Waals surface area contributed by atoms with Gasteiger partial charge >= 0.3 is 0 Å². The van der Waals surface area contributed by atoms with E-state index < -0.39 is 28.5 Å². The Balaban J connectivity index is 2.47. The summed E-state index contributed by atoms with van der Waals surface area (Å²) in [6.45, 7) is 5.11. The smallest absolute Gasteiger partial charge is 0.244 e. The number of nitrogens with zero attached hydrogens (tertiary/aromatic N) is 2. The van der Waals surface area contributed by atoms with Crippen LogP contribution in [0.25, 0.3) is 0 Å². The Labute approximate surface area is 222 Å². The van der Waals surface area contributed by atoms with Crippen molar-refractivity contribution >= 4 is 62.3 Å². The zero-order chi connectivity index (χ0) is 26.3. The molecular weight excluding hydrogens is 533 g/mol. The lowest BCUT2D eigenvalue weighted by atomic mass is 10.1. The van der Waals surface area contributed by atoms with Gasteiger partial charge in [0.15, 0.2) is 0 Å². The standard InChI is InChI=1S/C24H30Cl3N3O4S/c1-5-16(3)28-24(32)22(6-2)29(14-17-9-7-8-10-19(17)25)23(31)15-30(35(4,33)34)18-11-12-20(26)21(27)13-18/h7-13,16,22H,5-6,14-15H2,1-4H3,(H,28,32)/t16-,22+/m1/s1. The number of amides is 2. The maximum absolute atomic E-state index is 13.6. The predicted octanol–water partition coefficient (Wildman–Crippen LogP) is 5.13. The van der Waals surface area contributed by atoms with Gasteiger partial charge in [0.05, 0.1) is 22.0 Å². The Kier molecular flexibility index (Phi) is 10.7. The second-order valence-corrected chi connectivity index (χ2v) is 11.4. The predicted molar refractivity (Wildman–Crippen MR) is 143 cm³/mol. The molecule has 2 aromatic carbocycles. The van der Waals surface area contributed by atoms with Crippen LogP contribution in [0.2, 0.25) is 15.1 Å². The minimum Gasteiger partial charge on any atom is -0.352 e. The number of hydrogen-bond donors (Lipinski definition) is 1. The summed E-state index contributed by atoms with van der Waals surface area (Å²) in [4.78, 5) is 28.1. The van der Waals surface area contributed by atoms with Crippen LogP contribution in [-0.2, 0) is 26.2 Å². The molecular formula is C24H30Cl3N3O4S. The van der Waals surface area contributed by atoms with Crippen molar-refractivity contribution in [2.24, 2.45) is 0 Å². The monoisotopic (exact) mass is 561 g/mol. The van der Waals surface area contributed by atoms with E-state index in [0.29, 0.717) is 17.0 Å². The number of rotatable bonds is 11. The molecule has 11 heteroatoms. The van der Waals surface area contributed by atoms with Crippen molar-refractivity contribution in [2.45, 2.75) is 52.2 Å². The summed E-state index contributed by atoms with van der Waals surface area (Å²) in [6, 6.07) is 10.4. The lowest BCUT2D eigenvalue weighted by Gasteiger charge is -2.33. The van der Waals surface area contributed by atoms with E-state index in [-0.39, 0.29) is 34.2 Å². The fraction of sp³-hybridized carbons (Fsp3) is 0.417. The van der Waals surface area contributed by atoms with Crippen LogP contribution in [0.15, 0.2) is 42.5 Å². The number of carbonyl (C=O) groups is 2. The zero-order valence-electron chi connectivity index (χ0n) is 20.1. The van der Waals surface area contributed by atoms with Gasteiger partial charge < -0.3 is 10.2 Å². The Morgan fingerprint density at radius 3 is 2.17 bits per heavy atom. The molecule has 2 rings (SSSR count). The van der Waals surface area contributed by atoms with Crippen LogP contribution >= 0.6 is 34.8 Å². The first kappa shape index (κ1) is 29.2. The normalized spacial score (nSPS) is 13.1. The van der Waals surface area contributed by atoms with E-state index in [2.05, 4.69) is 5.32 Å². The van der Waals surface area contributed by atoms with E-state index in [0.717, 1.165) is 17.0 Å². The minimum absolute atomic E-state index is 0.0317. The Morgan fingerprint density at radius 2 is 1.63 bits per heavy atom. The Hall–Kier alpha value is -2.00. The molecule has 2 atom stereocenters. The van der Waals surface area contributed by atoms with Crippen molar-refractivity contribution in [3.63, 3.8) is 0 Å². The molecule has 2 aromatic rings. The van der Waals surface area contributed by atoms with Gasteiger partial charge in [0, 0.05) is 17.6 Å². The van der Waals surface area contributed by atoms with E-state index in [4.69, 9.17) is 34.8 Å². The van der Waals surface area contributed by atoms with Crippen molar-refractivity contribution < 1.29 is 18.0 Å². The average Bonchev–Trinajstić information content (AvgIpc) is 2.79. The van der Waals surface area contributed by atoms with E-state index in [1.165, 1.54) is 23.1 Å². The largest absolute Gasteiger partial charge is 0.352 e. The second kappa shape index (κ2) is 12.8. The first-order valence-corrected chi connectivity index (χ1v) is 14.1. The van der Waals surface area contributed by atoms with Crippen LogP contribution in [0.1, 0.15) is 39.2 Å². The van der Waals surface area contributed by atoms with E-state index in [1.54, 1.807) is 31.2 Å². The fourth-order valence-electron chi connectivity index (χ4n) is 3.42. The van der Waals surface area contributed by atoms with Crippen molar-refractivity contribution in [1.82, 2.24) is 10.2 Å². The molecule has 7 nitrogen and oxygen atoms in total. The molecule has 35 heavy (non-hydrogen) atoms. The molecule has 0 saturated heterocycles. The highest BCUT2D eigenvalue weighted by molar-refractivity contribution is 7.92. The minimum atomic E-state index is -3.88. The summed E-state index contributed by atoms with van der Waals surface area (Å²) in [5.41, 5.74) is 0.822. The third-order valence-corrected chi connectivity index (χ3v) is 7.80. The van der Waals surface area contributed by atoms with Gasteiger partial charge in [0.25, 0.3) is 0 Å². The van der Waals surface area contributed by atoms with Crippen LogP contribution < -0.4 is 9.62 Å². The van der Waals surface area contributed by atoms with Gasteiger partial charge in [0.2, 0.25) is 21.8 Å². The van der Waals surface area contributed by atoms with E-state index >= 15 is 0 Å². The van der Waals surface area contributed by atoms with Gasteiger partial charge in [0.1, 0.15) is 12.6 Å². The van der Waals surface area contributed by atoms with Crippen LogP contribution in [-0.4, -0.2) is 50.0 Å². The molecule has 2 amide bonds. The number of benzene rings is 2. The third kappa shape index (κ3) is 8.00. The summed E-state index contributed by atoms with van der Waals surface area (Å²) >= 11 is 18.4. The molecule has 0 radical (unpaired) electrons. The highest BCUT2D eigenvalue weighted by Gasteiger charge is 2.32. The summed E-state index contributed by atoms with van der Waals surface area (Å²) in [7, 11) is -3.88. The van der Waals surface area contributed by atoms with Crippen LogP contribution in [0, 0.1) is 0 Å². The number of hydrogen-bond acceptors (Lipinski definition) is 4. The molecule has 0 heterocycles. The third-order valence-electron chi connectivity index (χ3n) is 5.56. The molecule has 0 aromatic heterocycles. The van der Waals surface area contributed by atoms with Crippen LogP contribution in [0.4, 0.5) is 5.69 Å². The molecule has 0 saturated carbocycles. The van der Waals surface area contributed by atoms with E-state index in [9.17, 15) is 18.0 Å². The summed E-state index contributed by atoms with van der Waals surface area (Å²) < 4.78 is 26.2. The molecule has 0 aliphatic heterocycles. The van der Waals surface area contributed by atoms with Crippen LogP contribution in [0.5, 0.6) is 0 Å². The van der Waals surface area contributed by atoms with Crippen molar-refractivity contribution in [2.75, 3.05) is 17.1 Å². The number of nitrogens with one attached hydrogen (secondary N) is 1. The van der Waals surface area contributed by atoms with Gasteiger partial charge in [-0.25, -0.2) is 8.42 Å². The van der Waals surface area contributed by atoms with E-state index in [1.807, 2.05) is 13.8 Å². The molecule has 0 aliphatic carbocycles. The first-order chi connectivity index (χ1) is 16.4. The molecule has 0 bridgehead atoms. The van der Waals surface area contributed by atoms with Gasteiger partial charge in [-0.15, -0.1) is 0 Å². The van der Waals surface area contributed by atoms with Crippen molar-refractivity contribution in [3.8, 4) is 0 Å². The summed E-state index contributed by atoms with van der Waals surface area (Å²) in [5, 5.41) is 3.76. The number of carbonyl (C=O) groups excluding carboxylic acids is 2. The van der Waals surface area contributed by atoms with Gasteiger partial charge in [-0.3, -0.25) is 13.9 Å². The van der Waals surface area contributed by atoms with Crippen LogP contribution in [0.3, 0.4) is 0 Å². The number of anilines is 1. The number of sulfonamides is 1. The van der Waals surface area contributed by atoms with Gasteiger partial charge in [-0.1, -0.05) is 66.8 Å². The van der Waals surface area contributed by atoms with Gasteiger partial charge in [-0.2, -0.15) is 0 Å². The summed E-state index contributed by atoms with van der Waals surface area (Å²) in [5.74, 6) is -0.879. The average molecular weight is 563 g/mol. The van der Waals surface area contributed by atoms with Gasteiger partial charge in [-0.05, 0) is 49.6 Å². The summed E-state index contributed by atoms with van der Waals surface area (Å²) in [6.07, 6.45) is 2.04. The second-order valence-electron chi connectivity index (χ2n) is 8.22. The molecule has 1 N–H and O–H groups in total. The maximum atomic E-state index is 13.6. The molecule has 0 aliphatic rings. The molecule has 0 fully saturated rings. The quantitative estimate of drug-likeness (QED) is 0.411. The van der Waals surface area contributed by atoms with Crippen molar-refractivity contribution in [1.29, 1.82) is 0 Å². The fourth-order valence-corrected chi connectivity index (χ4v) is 4.75. The Morgan fingerprint density at radius 1 is 0.971 bits per heavy atom. The lowest BCUT2D eigenvalue weighted by Crippen LogP contribution is -2.53. The molecule has 0 unspecified atom stereocenters. The highest BCUT2D eigenvalue weighted by Crippen LogP contribution is 2.29. The topological polar surface area (TPSA) is 86.8 Å². The zero-order valence-corrected chi connectivity index (χ0v) is 23.2. The number of halogens is 3. The highest BCUT2D eigenvalue weighted by atomic mass is 35.5. The van der Waals surface area contributed by atoms with Crippen molar-refractivity contribution in [3.05, 3.63) is 63.1 Å². The SMILES string of the molecule is CC[C@@H](C)NC(=O)[C@H](CC)N(Cc1ccccc1Cl)C(=O)CN(c1ccc(Cl)c(Cl)c1)S(C)(=O)=O. The maximum Gasteiger partial charge on any atom is 0.244 e. The molecule has 0 spiro atoms. The first-order valence-electron chi connectivity index (χ1n) is 11.1. The molecule has 192 valence electrons. The Bertz CT molecular complexity index is 1160. The lowest BCUT2D eigenvalue weighted by molar-refractivity contribution is -0.140.